The summed E-state index contributed by atoms with van der Waals surface area (Å²) in [6, 6.07) is 0.416. The second kappa shape index (κ2) is 5.12. The average Bonchev–Trinajstić information content (AvgIpc) is 3.05. The molecule has 0 bridgehead atoms. The van der Waals surface area contributed by atoms with E-state index >= 15 is 0 Å². The van der Waals surface area contributed by atoms with Gasteiger partial charge in [0.05, 0.1) is 17.4 Å². The van der Waals surface area contributed by atoms with Crippen LogP contribution in [0.25, 0.3) is 0 Å². The molecule has 0 spiro atoms. The van der Waals surface area contributed by atoms with E-state index in [0.29, 0.717) is 30.0 Å². The standard InChI is InChI=1S/C10H13ClN4O/c11-7-5-13-10(14-6-7)12-4-3-9(16)15-8-1-2-8/h5-6,8H,1-4H2,(H,15,16)(H,12,13,14). The largest absolute Gasteiger partial charge is 0.354 e. The number of halogens is 1. The molecular formula is C10H13ClN4O. The minimum atomic E-state index is 0.0731. The molecule has 2 N–H and O–H groups in total. The Balaban J connectivity index is 1.66. The van der Waals surface area contributed by atoms with Crippen molar-refractivity contribution in [1.29, 1.82) is 0 Å². The van der Waals surface area contributed by atoms with Gasteiger partial charge >= 0.3 is 0 Å². The summed E-state index contributed by atoms with van der Waals surface area (Å²) in [5.74, 6) is 0.563. The molecular weight excluding hydrogens is 228 g/mol. The van der Waals surface area contributed by atoms with Gasteiger partial charge in [0.1, 0.15) is 0 Å². The molecule has 0 aliphatic heterocycles. The third-order valence-corrected chi connectivity index (χ3v) is 2.39. The first-order valence-electron chi connectivity index (χ1n) is 5.25. The molecule has 1 aliphatic carbocycles. The van der Waals surface area contributed by atoms with Gasteiger partial charge in [-0.25, -0.2) is 9.97 Å². The molecule has 1 aromatic heterocycles. The number of hydrogen-bond donors (Lipinski definition) is 2. The minimum absolute atomic E-state index is 0.0731. The van der Waals surface area contributed by atoms with Crippen molar-refractivity contribution in [1.82, 2.24) is 15.3 Å². The van der Waals surface area contributed by atoms with Crippen LogP contribution in [0.2, 0.25) is 5.02 Å². The Morgan fingerprint density at radius 3 is 2.75 bits per heavy atom. The van der Waals surface area contributed by atoms with Crippen LogP contribution in [0.4, 0.5) is 5.95 Å². The Bertz CT molecular complexity index is 364. The third-order valence-electron chi connectivity index (χ3n) is 2.20. The van der Waals surface area contributed by atoms with Crippen molar-refractivity contribution in [3.05, 3.63) is 17.4 Å². The summed E-state index contributed by atoms with van der Waals surface area (Å²) < 4.78 is 0. The van der Waals surface area contributed by atoms with E-state index < -0.39 is 0 Å². The molecule has 6 heteroatoms. The van der Waals surface area contributed by atoms with Crippen molar-refractivity contribution in [2.24, 2.45) is 0 Å². The summed E-state index contributed by atoms with van der Waals surface area (Å²) >= 11 is 5.64. The lowest BCUT2D eigenvalue weighted by molar-refractivity contribution is -0.120. The van der Waals surface area contributed by atoms with Gasteiger partial charge in [-0.15, -0.1) is 0 Å². The molecule has 0 radical (unpaired) electrons. The highest BCUT2D eigenvalue weighted by atomic mass is 35.5. The first-order chi connectivity index (χ1) is 7.74. The molecule has 1 amide bonds. The molecule has 2 rings (SSSR count). The molecule has 1 heterocycles. The van der Waals surface area contributed by atoms with Crippen LogP contribution >= 0.6 is 11.6 Å². The minimum Gasteiger partial charge on any atom is -0.354 e. The second-order valence-electron chi connectivity index (χ2n) is 3.74. The molecule has 1 saturated carbocycles. The smallest absolute Gasteiger partial charge is 0.222 e. The fourth-order valence-electron chi connectivity index (χ4n) is 1.22. The number of hydrogen-bond acceptors (Lipinski definition) is 4. The molecule has 0 saturated heterocycles. The van der Waals surface area contributed by atoms with Crippen LogP contribution in [0.15, 0.2) is 12.4 Å². The molecule has 5 nitrogen and oxygen atoms in total. The zero-order valence-electron chi connectivity index (χ0n) is 8.74. The van der Waals surface area contributed by atoms with Gasteiger partial charge in [-0.05, 0) is 12.8 Å². The van der Waals surface area contributed by atoms with E-state index in [4.69, 9.17) is 11.6 Å². The predicted molar refractivity (Wildman–Crippen MR) is 61.3 cm³/mol. The van der Waals surface area contributed by atoms with E-state index in [9.17, 15) is 4.79 Å². The molecule has 16 heavy (non-hydrogen) atoms. The lowest BCUT2D eigenvalue weighted by atomic mass is 10.4. The first kappa shape index (κ1) is 11.1. The summed E-state index contributed by atoms with van der Waals surface area (Å²) in [7, 11) is 0. The van der Waals surface area contributed by atoms with Crippen LogP contribution in [-0.4, -0.2) is 28.5 Å². The van der Waals surface area contributed by atoms with Gasteiger partial charge in [-0.1, -0.05) is 11.6 Å². The Morgan fingerprint density at radius 1 is 1.44 bits per heavy atom. The van der Waals surface area contributed by atoms with Crippen LogP contribution in [0.5, 0.6) is 0 Å². The SMILES string of the molecule is O=C(CCNc1ncc(Cl)cn1)NC1CC1. The molecule has 0 aromatic carbocycles. The summed E-state index contributed by atoms with van der Waals surface area (Å²) in [6.07, 6.45) is 5.68. The van der Waals surface area contributed by atoms with E-state index in [1.807, 2.05) is 0 Å². The lowest BCUT2D eigenvalue weighted by Gasteiger charge is -2.04. The van der Waals surface area contributed by atoms with E-state index in [2.05, 4.69) is 20.6 Å². The lowest BCUT2D eigenvalue weighted by Crippen LogP contribution is -2.27. The fraction of sp³-hybridized carbons (Fsp3) is 0.500. The molecule has 1 aliphatic rings. The van der Waals surface area contributed by atoms with Crippen molar-refractivity contribution in [3.8, 4) is 0 Å². The number of nitrogens with one attached hydrogen (secondary N) is 2. The van der Waals surface area contributed by atoms with Crippen molar-refractivity contribution in [2.75, 3.05) is 11.9 Å². The highest BCUT2D eigenvalue weighted by Crippen LogP contribution is 2.18. The van der Waals surface area contributed by atoms with Gasteiger partial charge in [-0.2, -0.15) is 0 Å². The quantitative estimate of drug-likeness (QED) is 0.812. The van der Waals surface area contributed by atoms with Gasteiger partial charge < -0.3 is 10.6 Å². The zero-order valence-corrected chi connectivity index (χ0v) is 9.50. The summed E-state index contributed by atoms with van der Waals surface area (Å²) in [6.45, 7) is 0.528. The number of anilines is 1. The maximum absolute atomic E-state index is 11.3. The van der Waals surface area contributed by atoms with E-state index in [1.165, 1.54) is 12.4 Å². The van der Waals surface area contributed by atoms with Crippen LogP contribution < -0.4 is 10.6 Å². The second-order valence-corrected chi connectivity index (χ2v) is 4.18. The molecule has 0 unspecified atom stereocenters. The summed E-state index contributed by atoms with van der Waals surface area (Å²) in [5.41, 5.74) is 0. The van der Waals surface area contributed by atoms with Gasteiger partial charge in [0, 0.05) is 19.0 Å². The topological polar surface area (TPSA) is 66.9 Å². The fourth-order valence-corrected chi connectivity index (χ4v) is 1.32. The highest BCUT2D eigenvalue weighted by Gasteiger charge is 2.22. The van der Waals surface area contributed by atoms with Crippen LogP contribution in [-0.2, 0) is 4.79 Å². The summed E-state index contributed by atoms with van der Waals surface area (Å²) in [4.78, 5) is 19.2. The molecule has 86 valence electrons. The van der Waals surface area contributed by atoms with Crippen LogP contribution in [0.1, 0.15) is 19.3 Å². The Labute approximate surface area is 98.6 Å². The number of rotatable bonds is 5. The number of amides is 1. The Hall–Kier alpha value is -1.36. The molecule has 0 atom stereocenters. The molecule has 1 aromatic rings. The van der Waals surface area contributed by atoms with E-state index in [1.54, 1.807) is 0 Å². The van der Waals surface area contributed by atoms with Gasteiger partial charge in [0.25, 0.3) is 0 Å². The van der Waals surface area contributed by atoms with E-state index in [0.717, 1.165) is 12.8 Å². The predicted octanol–water partition coefficient (Wildman–Crippen LogP) is 1.21. The first-order valence-corrected chi connectivity index (χ1v) is 5.62. The van der Waals surface area contributed by atoms with Gasteiger partial charge in [0.2, 0.25) is 11.9 Å². The number of carbonyl (C=O) groups excluding carboxylic acids is 1. The highest BCUT2D eigenvalue weighted by molar-refractivity contribution is 6.30. The number of nitrogens with zero attached hydrogens (tertiary/aromatic N) is 2. The monoisotopic (exact) mass is 240 g/mol. The van der Waals surface area contributed by atoms with Crippen molar-refractivity contribution < 1.29 is 4.79 Å². The summed E-state index contributed by atoms with van der Waals surface area (Å²) in [5, 5.41) is 6.36. The van der Waals surface area contributed by atoms with Gasteiger partial charge in [0.15, 0.2) is 0 Å². The van der Waals surface area contributed by atoms with E-state index in [-0.39, 0.29) is 5.91 Å². The average molecular weight is 241 g/mol. The van der Waals surface area contributed by atoms with Crippen LogP contribution in [0.3, 0.4) is 0 Å². The third kappa shape index (κ3) is 3.66. The van der Waals surface area contributed by atoms with Crippen molar-refractivity contribution in [3.63, 3.8) is 0 Å². The Kier molecular flexibility index (Phi) is 3.56. The maximum Gasteiger partial charge on any atom is 0.222 e. The number of aromatic nitrogens is 2. The van der Waals surface area contributed by atoms with Gasteiger partial charge in [-0.3, -0.25) is 4.79 Å². The van der Waals surface area contributed by atoms with Crippen molar-refractivity contribution >= 4 is 23.5 Å². The maximum atomic E-state index is 11.3. The zero-order chi connectivity index (χ0) is 11.4. The number of carbonyl (C=O) groups is 1. The Morgan fingerprint density at radius 2 is 2.12 bits per heavy atom. The molecule has 1 fully saturated rings. The van der Waals surface area contributed by atoms with Crippen molar-refractivity contribution in [2.45, 2.75) is 25.3 Å². The normalized spacial score (nSPS) is 14.6. The van der Waals surface area contributed by atoms with Crippen LogP contribution in [0, 0.1) is 0 Å².